The van der Waals surface area contributed by atoms with Gasteiger partial charge in [0.25, 0.3) is 0 Å². The highest BCUT2D eigenvalue weighted by molar-refractivity contribution is 4.98. The minimum atomic E-state index is -0.0158. The molecule has 0 bridgehead atoms. The molecule has 0 spiro atoms. The summed E-state index contributed by atoms with van der Waals surface area (Å²) in [6, 6.07) is 0. The SMILES string of the molecule is CCNC1(CO)CCCC1CCN(C)CCOCC1CC1. The summed E-state index contributed by atoms with van der Waals surface area (Å²) in [5.41, 5.74) is -0.0158. The predicted octanol–water partition coefficient (Wildman–Crippen LogP) is 1.88. The molecule has 2 rings (SSSR count). The molecule has 0 aliphatic heterocycles. The standard InChI is InChI=1S/C17H34N2O2/c1-3-18-17(14-20)9-4-5-16(17)8-10-19(2)11-12-21-13-15-6-7-15/h15-16,18,20H,3-14H2,1-2H3. The molecule has 0 aromatic rings. The van der Waals surface area contributed by atoms with Crippen molar-refractivity contribution in [3.8, 4) is 0 Å². The van der Waals surface area contributed by atoms with E-state index < -0.39 is 0 Å². The number of rotatable bonds is 11. The van der Waals surface area contributed by atoms with Gasteiger partial charge in [-0.15, -0.1) is 0 Å². The number of aliphatic hydroxyl groups is 1. The van der Waals surface area contributed by atoms with E-state index in [-0.39, 0.29) is 12.1 Å². The van der Waals surface area contributed by atoms with Crippen LogP contribution >= 0.6 is 0 Å². The van der Waals surface area contributed by atoms with E-state index in [0.29, 0.717) is 5.92 Å². The minimum Gasteiger partial charge on any atom is -0.394 e. The van der Waals surface area contributed by atoms with Crippen LogP contribution in [0.5, 0.6) is 0 Å². The van der Waals surface area contributed by atoms with Gasteiger partial charge in [-0.1, -0.05) is 13.3 Å². The molecule has 2 unspecified atom stereocenters. The van der Waals surface area contributed by atoms with E-state index in [1.165, 1.54) is 32.1 Å². The van der Waals surface area contributed by atoms with Gasteiger partial charge in [-0.25, -0.2) is 0 Å². The molecule has 0 radical (unpaired) electrons. The zero-order valence-corrected chi connectivity index (χ0v) is 13.9. The van der Waals surface area contributed by atoms with Crippen molar-refractivity contribution in [1.82, 2.24) is 10.2 Å². The van der Waals surface area contributed by atoms with Gasteiger partial charge in [0.1, 0.15) is 0 Å². The van der Waals surface area contributed by atoms with Crippen LogP contribution in [-0.4, -0.2) is 62.0 Å². The maximum absolute atomic E-state index is 9.82. The van der Waals surface area contributed by atoms with Crippen LogP contribution in [0.15, 0.2) is 0 Å². The lowest BCUT2D eigenvalue weighted by molar-refractivity contribution is 0.0926. The van der Waals surface area contributed by atoms with Gasteiger partial charge in [0, 0.05) is 18.7 Å². The molecule has 2 fully saturated rings. The molecule has 0 heterocycles. The molecular weight excluding hydrogens is 264 g/mol. The summed E-state index contributed by atoms with van der Waals surface area (Å²) >= 11 is 0. The Morgan fingerprint density at radius 3 is 2.76 bits per heavy atom. The maximum atomic E-state index is 9.82. The van der Waals surface area contributed by atoms with Crippen molar-refractivity contribution >= 4 is 0 Å². The summed E-state index contributed by atoms with van der Waals surface area (Å²) in [6.45, 7) is 7.30. The molecule has 2 N–H and O–H groups in total. The topological polar surface area (TPSA) is 44.7 Å². The van der Waals surface area contributed by atoms with Gasteiger partial charge in [0.05, 0.1) is 13.2 Å². The van der Waals surface area contributed by atoms with Crippen LogP contribution < -0.4 is 5.32 Å². The fourth-order valence-corrected chi connectivity index (χ4v) is 3.66. The highest BCUT2D eigenvalue weighted by atomic mass is 16.5. The first-order valence-corrected chi connectivity index (χ1v) is 8.82. The van der Waals surface area contributed by atoms with Crippen LogP contribution in [0, 0.1) is 11.8 Å². The molecule has 2 aliphatic rings. The molecule has 4 heteroatoms. The van der Waals surface area contributed by atoms with Crippen LogP contribution in [0.2, 0.25) is 0 Å². The van der Waals surface area contributed by atoms with Crippen LogP contribution in [0.3, 0.4) is 0 Å². The molecule has 0 amide bonds. The molecule has 0 aromatic carbocycles. The molecule has 2 saturated carbocycles. The molecule has 124 valence electrons. The third kappa shape index (κ3) is 5.20. The second kappa shape index (κ2) is 8.47. The molecule has 2 atom stereocenters. The van der Waals surface area contributed by atoms with Gasteiger partial charge in [-0.2, -0.15) is 0 Å². The zero-order chi connectivity index (χ0) is 15.1. The van der Waals surface area contributed by atoms with Crippen molar-refractivity contribution in [3.63, 3.8) is 0 Å². The first kappa shape index (κ1) is 17.2. The summed E-state index contributed by atoms with van der Waals surface area (Å²) < 4.78 is 5.71. The third-order valence-electron chi connectivity index (χ3n) is 5.30. The molecular formula is C17H34N2O2. The largest absolute Gasteiger partial charge is 0.394 e. The zero-order valence-electron chi connectivity index (χ0n) is 13.9. The number of ether oxygens (including phenoxy) is 1. The molecule has 0 aromatic heterocycles. The lowest BCUT2D eigenvalue weighted by atomic mass is 9.85. The highest BCUT2D eigenvalue weighted by Gasteiger charge is 2.41. The first-order valence-electron chi connectivity index (χ1n) is 8.82. The van der Waals surface area contributed by atoms with Gasteiger partial charge in [0.2, 0.25) is 0 Å². The molecule has 0 saturated heterocycles. The fraction of sp³-hybridized carbons (Fsp3) is 1.00. The van der Waals surface area contributed by atoms with Gasteiger partial charge in [-0.3, -0.25) is 0 Å². The molecule has 4 nitrogen and oxygen atoms in total. The van der Waals surface area contributed by atoms with Gasteiger partial charge in [0.15, 0.2) is 0 Å². The van der Waals surface area contributed by atoms with Crippen LogP contribution in [0.4, 0.5) is 0 Å². The van der Waals surface area contributed by atoms with E-state index >= 15 is 0 Å². The van der Waals surface area contributed by atoms with Crippen molar-refractivity contribution in [3.05, 3.63) is 0 Å². The predicted molar refractivity (Wildman–Crippen MR) is 86.5 cm³/mol. The Morgan fingerprint density at radius 1 is 1.29 bits per heavy atom. The fourth-order valence-electron chi connectivity index (χ4n) is 3.66. The Labute approximate surface area is 130 Å². The summed E-state index contributed by atoms with van der Waals surface area (Å²) in [5, 5.41) is 13.4. The summed E-state index contributed by atoms with van der Waals surface area (Å²) in [5.74, 6) is 1.47. The third-order valence-corrected chi connectivity index (χ3v) is 5.30. The van der Waals surface area contributed by atoms with Crippen LogP contribution in [-0.2, 0) is 4.74 Å². The first-order chi connectivity index (χ1) is 10.2. The van der Waals surface area contributed by atoms with E-state index in [1.807, 2.05) is 0 Å². The number of nitrogens with zero attached hydrogens (tertiary/aromatic N) is 1. The Balaban J connectivity index is 1.63. The average Bonchev–Trinajstić information content (AvgIpc) is 3.22. The summed E-state index contributed by atoms with van der Waals surface area (Å²) in [7, 11) is 2.18. The van der Waals surface area contributed by atoms with E-state index in [9.17, 15) is 5.11 Å². The van der Waals surface area contributed by atoms with Crippen LogP contribution in [0.1, 0.15) is 45.4 Å². The van der Waals surface area contributed by atoms with E-state index in [0.717, 1.165) is 45.2 Å². The quantitative estimate of drug-likeness (QED) is 0.572. The van der Waals surface area contributed by atoms with Crippen molar-refractivity contribution < 1.29 is 9.84 Å². The second-order valence-electron chi connectivity index (χ2n) is 7.04. The van der Waals surface area contributed by atoms with Crippen LogP contribution in [0.25, 0.3) is 0 Å². The number of hydrogen-bond donors (Lipinski definition) is 2. The maximum Gasteiger partial charge on any atom is 0.0616 e. The van der Waals surface area contributed by atoms with E-state index in [2.05, 4.69) is 24.2 Å². The van der Waals surface area contributed by atoms with Gasteiger partial charge in [-0.05, 0) is 64.1 Å². The van der Waals surface area contributed by atoms with Crippen molar-refractivity contribution in [1.29, 1.82) is 0 Å². The second-order valence-corrected chi connectivity index (χ2v) is 7.04. The molecule has 21 heavy (non-hydrogen) atoms. The van der Waals surface area contributed by atoms with Gasteiger partial charge < -0.3 is 20.1 Å². The monoisotopic (exact) mass is 298 g/mol. The summed E-state index contributed by atoms with van der Waals surface area (Å²) in [6.07, 6.45) is 7.52. The Hall–Kier alpha value is -0.160. The molecule has 2 aliphatic carbocycles. The minimum absolute atomic E-state index is 0.0158. The lowest BCUT2D eigenvalue weighted by Crippen LogP contribution is -2.51. The van der Waals surface area contributed by atoms with Crippen molar-refractivity contribution in [2.75, 3.05) is 46.5 Å². The average molecular weight is 298 g/mol. The summed E-state index contributed by atoms with van der Waals surface area (Å²) in [4.78, 5) is 2.37. The Bertz CT molecular complexity index is 297. The lowest BCUT2D eigenvalue weighted by Gasteiger charge is -2.35. The normalized spacial score (nSPS) is 29.4. The van der Waals surface area contributed by atoms with Crippen molar-refractivity contribution in [2.24, 2.45) is 11.8 Å². The number of nitrogens with one attached hydrogen (secondary N) is 1. The Kier molecular flexibility index (Phi) is 6.93. The highest BCUT2D eigenvalue weighted by Crippen LogP contribution is 2.37. The van der Waals surface area contributed by atoms with E-state index in [1.54, 1.807) is 0 Å². The number of likely N-dealkylation sites (N-methyl/N-ethyl adjacent to an activating group) is 2. The Morgan fingerprint density at radius 2 is 2.10 bits per heavy atom. The van der Waals surface area contributed by atoms with E-state index in [4.69, 9.17) is 4.74 Å². The van der Waals surface area contributed by atoms with Gasteiger partial charge >= 0.3 is 0 Å². The number of hydrogen-bond acceptors (Lipinski definition) is 4. The smallest absolute Gasteiger partial charge is 0.0616 e. The number of aliphatic hydroxyl groups excluding tert-OH is 1. The van der Waals surface area contributed by atoms with Crippen molar-refractivity contribution in [2.45, 2.75) is 51.0 Å².